The Hall–Kier alpha value is -2.06. The first kappa shape index (κ1) is 34.1. The number of fused-ring (bicyclic) bond motifs is 2. The van der Waals surface area contributed by atoms with Crippen molar-refractivity contribution in [2.24, 2.45) is 0 Å². The zero-order chi connectivity index (χ0) is 20.7. The molecule has 0 radical (unpaired) electrons. The molecule has 3 heteroatoms. The topological polar surface area (TPSA) is 0 Å². The molecule has 0 saturated carbocycles. The first-order valence-electron chi connectivity index (χ1n) is 9.96. The molecule has 0 N–H and O–H groups in total. The zero-order valence-electron chi connectivity index (χ0n) is 19.1. The summed E-state index contributed by atoms with van der Waals surface area (Å²) in [5.74, 6) is 0. The molecular formula is C31H27Br2Zr-5. The van der Waals surface area contributed by atoms with Crippen molar-refractivity contribution in [3.8, 4) is 0 Å². The monoisotopic (exact) mass is 647 g/mol. The molecule has 34 heavy (non-hydrogen) atoms. The summed E-state index contributed by atoms with van der Waals surface area (Å²) in [5.41, 5.74) is 0. The summed E-state index contributed by atoms with van der Waals surface area (Å²) in [6.45, 7) is 0. The molecule has 0 bridgehead atoms. The maximum absolute atomic E-state index is 2.89. The Balaban J connectivity index is 0. The zero-order valence-corrected chi connectivity index (χ0v) is 24.7. The van der Waals surface area contributed by atoms with Crippen LogP contribution in [-0.4, -0.2) is 0 Å². The molecule has 0 heterocycles. The van der Waals surface area contributed by atoms with Gasteiger partial charge in [-0.05, 0) is 0 Å². The second-order valence-electron chi connectivity index (χ2n) is 6.46. The summed E-state index contributed by atoms with van der Waals surface area (Å²) >= 11 is 0. The molecule has 0 unspecified atom stereocenters. The standard InChI is InChI=1S/2C9H7.2C6H5.CH3.2BrH.Zr/c2*1-2-5-9-7-3-6-8(9)4-1;2*1-2-4-6-5-3-1;;;;/h2*1-7H;2*1-5H;1H3;2*1H;/q5*-1;;;+2/p-2. The Kier molecular flexibility index (Phi) is 21.5. The van der Waals surface area contributed by atoms with Crippen molar-refractivity contribution < 1.29 is 60.2 Å². The number of hydrogen-bond donors (Lipinski definition) is 0. The molecule has 0 aliphatic heterocycles. The van der Waals surface area contributed by atoms with Crippen molar-refractivity contribution in [1.82, 2.24) is 0 Å². The van der Waals surface area contributed by atoms with E-state index in [9.17, 15) is 0 Å². The van der Waals surface area contributed by atoms with E-state index >= 15 is 0 Å². The average Bonchev–Trinajstić information content (AvgIpc) is 3.52. The first-order chi connectivity index (χ1) is 14.9. The molecule has 6 rings (SSSR count). The molecular weight excluding hydrogens is 623 g/mol. The average molecular weight is 651 g/mol. The van der Waals surface area contributed by atoms with Gasteiger partial charge in [0.15, 0.2) is 0 Å². The van der Waals surface area contributed by atoms with E-state index in [1.807, 2.05) is 60.7 Å². The molecule has 0 aromatic heterocycles. The van der Waals surface area contributed by atoms with Crippen molar-refractivity contribution in [3.05, 3.63) is 165 Å². The molecule has 0 aliphatic carbocycles. The van der Waals surface area contributed by atoms with Crippen molar-refractivity contribution >= 4 is 21.5 Å². The molecule has 6 aromatic carbocycles. The summed E-state index contributed by atoms with van der Waals surface area (Å²) < 4.78 is 0. The Morgan fingerprint density at radius 1 is 0.441 bits per heavy atom. The van der Waals surface area contributed by atoms with E-state index in [1.54, 1.807) is 0 Å². The van der Waals surface area contributed by atoms with Gasteiger partial charge in [0.1, 0.15) is 0 Å². The molecule has 174 valence electrons. The third-order valence-electron chi connectivity index (χ3n) is 4.31. The van der Waals surface area contributed by atoms with E-state index in [0.717, 1.165) is 0 Å². The SMILES string of the molecule is [Br-].[Br-].[CH3-].[Zr+2].[c-]1ccccc1.[c-]1ccccc1.c1ccc2[cH-]ccc2c1.c1ccc2[cH-]ccc2c1. The third-order valence-corrected chi connectivity index (χ3v) is 4.31. The van der Waals surface area contributed by atoms with Crippen LogP contribution in [0.15, 0.2) is 146 Å². The molecule has 0 saturated heterocycles. The first-order valence-corrected chi connectivity index (χ1v) is 9.96. The van der Waals surface area contributed by atoms with Crippen LogP contribution in [-0.2, 0) is 26.2 Å². The normalized spacial score (nSPS) is 8.24. The molecule has 0 aliphatic rings. The van der Waals surface area contributed by atoms with Gasteiger partial charge in [0.05, 0.1) is 0 Å². The number of benzene rings is 4. The number of rotatable bonds is 0. The van der Waals surface area contributed by atoms with Gasteiger partial charge in [-0.1, -0.05) is 12.1 Å². The van der Waals surface area contributed by atoms with Crippen LogP contribution >= 0.6 is 0 Å². The van der Waals surface area contributed by atoms with Crippen LogP contribution in [0.1, 0.15) is 0 Å². The van der Waals surface area contributed by atoms with Gasteiger partial charge in [0.25, 0.3) is 0 Å². The maximum Gasteiger partial charge on any atom is 2.00 e. The quantitative estimate of drug-likeness (QED) is 0.222. The predicted molar refractivity (Wildman–Crippen MR) is 136 cm³/mol. The minimum absolute atomic E-state index is 0. The van der Waals surface area contributed by atoms with Crippen molar-refractivity contribution in [1.29, 1.82) is 0 Å². The fraction of sp³-hybridized carbons (Fsp3) is 0. The molecule has 0 nitrogen and oxygen atoms in total. The molecule has 0 spiro atoms. The minimum atomic E-state index is 0. The van der Waals surface area contributed by atoms with Gasteiger partial charge in [0.2, 0.25) is 0 Å². The van der Waals surface area contributed by atoms with Crippen LogP contribution in [0.5, 0.6) is 0 Å². The van der Waals surface area contributed by atoms with Crippen molar-refractivity contribution in [2.45, 2.75) is 0 Å². The van der Waals surface area contributed by atoms with Gasteiger partial charge in [-0.3, -0.25) is 0 Å². The van der Waals surface area contributed by atoms with Gasteiger partial charge in [0, 0.05) is 0 Å². The number of halogens is 2. The second-order valence-corrected chi connectivity index (χ2v) is 6.46. The van der Waals surface area contributed by atoms with Gasteiger partial charge in [-0.25, -0.2) is 0 Å². The Morgan fingerprint density at radius 2 is 0.794 bits per heavy atom. The summed E-state index contributed by atoms with van der Waals surface area (Å²) in [4.78, 5) is 0. The Labute approximate surface area is 245 Å². The van der Waals surface area contributed by atoms with E-state index in [1.165, 1.54) is 21.5 Å². The number of hydrogen-bond acceptors (Lipinski definition) is 0. The summed E-state index contributed by atoms with van der Waals surface area (Å²) in [7, 11) is 0. The molecule has 0 fully saturated rings. The van der Waals surface area contributed by atoms with E-state index in [0.29, 0.717) is 0 Å². The van der Waals surface area contributed by atoms with Crippen LogP contribution in [0.2, 0.25) is 0 Å². The van der Waals surface area contributed by atoms with Crippen LogP contribution in [0.4, 0.5) is 0 Å². The minimum Gasteiger partial charge on any atom is -1.00 e. The summed E-state index contributed by atoms with van der Waals surface area (Å²) in [6.07, 6.45) is 0. The molecule has 0 amide bonds. The third kappa shape index (κ3) is 13.0. The fourth-order valence-electron chi connectivity index (χ4n) is 2.82. The van der Waals surface area contributed by atoms with Crippen LogP contribution in [0, 0.1) is 19.6 Å². The van der Waals surface area contributed by atoms with Gasteiger partial charge < -0.3 is 41.4 Å². The molecule has 6 aromatic rings. The van der Waals surface area contributed by atoms with Crippen LogP contribution in [0.25, 0.3) is 21.5 Å². The van der Waals surface area contributed by atoms with Crippen molar-refractivity contribution in [3.63, 3.8) is 0 Å². The van der Waals surface area contributed by atoms with Crippen LogP contribution < -0.4 is 34.0 Å². The van der Waals surface area contributed by atoms with Crippen LogP contribution in [0.3, 0.4) is 0 Å². The van der Waals surface area contributed by atoms with E-state index in [4.69, 9.17) is 0 Å². The van der Waals surface area contributed by atoms with Gasteiger partial charge in [-0.2, -0.15) is 108 Å². The molecule has 0 atom stereocenters. The van der Waals surface area contributed by atoms with Crippen molar-refractivity contribution in [2.75, 3.05) is 0 Å². The predicted octanol–water partition coefficient (Wildman–Crippen LogP) is 2.55. The van der Waals surface area contributed by atoms with E-state index in [2.05, 4.69) is 97.1 Å². The van der Waals surface area contributed by atoms with Gasteiger partial charge in [-0.15, -0.1) is 59.3 Å². The van der Waals surface area contributed by atoms with E-state index in [-0.39, 0.29) is 67.6 Å². The van der Waals surface area contributed by atoms with Gasteiger partial charge >= 0.3 is 26.2 Å². The smallest absolute Gasteiger partial charge is 1.00 e. The Bertz CT molecular complexity index is 984. The van der Waals surface area contributed by atoms with E-state index < -0.39 is 0 Å². The summed E-state index contributed by atoms with van der Waals surface area (Å²) in [5, 5.41) is 5.32. The Morgan fingerprint density at radius 3 is 1.06 bits per heavy atom. The second kappa shape index (κ2) is 21.5. The maximum atomic E-state index is 2.89. The largest absolute Gasteiger partial charge is 2.00 e. The fourth-order valence-corrected chi connectivity index (χ4v) is 2.82. The summed E-state index contributed by atoms with van der Waals surface area (Å²) in [6, 6.07) is 54.3.